The van der Waals surface area contributed by atoms with Crippen molar-refractivity contribution < 1.29 is 13.9 Å². The minimum absolute atomic E-state index is 0.0154. The van der Waals surface area contributed by atoms with Gasteiger partial charge in [-0.3, -0.25) is 0 Å². The number of ether oxygens (including phenoxy) is 2. The number of benzene rings is 7. The van der Waals surface area contributed by atoms with E-state index in [0.29, 0.717) is 0 Å². The Bertz CT molecular complexity index is 3200. The fourth-order valence-electron chi connectivity index (χ4n) is 10.5. The number of para-hydroxylation sites is 2. The molecular weight excluding hydrogens is 709 g/mol. The predicted molar refractivity (Wildman–Crippen MR) is 241 cm³/mol. The number of hydrogen-bond acceptors (Lipinski definition) is 3. The lowest BCUT2D eigenvalue weighted by atomic mass is 9.34. The largest absolute Gasteiger partial charge is 0.458 e. The molecular formula is C53H44BNO3. The molecule has 0 bridgehead atoms. The first-order chi connectivity index (χ1) is 27.8. The zero-order valence-electron chi connectivity index (χ0n) is 34.3. The Labute approximate surface area is 339 Å². The summed E-state index contributed by atoms with van der Waals surface area (Å²) in [5.74, 6) is 3.44. The van der Waals surface area contributed by atoms with Gasteiger partial charge in [-0.25, -0.2) is 0 Å². The highest BCUT2D eigenvalue weighted by Crippen LogP contribution is 2.58. The summed E-state index contributed by atoms with van der Waals surface area (Å²) in [6.07, 6.45) is 0. The quantitative estimate of drug-likeness (QED) is 0.157. The van der Waals surface area contributed by atoms with Crippen molar-refractivity contribution in [3.63, 3.8) is 0 Å². The van der Waals surface area contributed by atoms with E-state index in [4.69, 9.17) is 13.9 Å². The van der Waals surface area contributed by atoms with Gasteiger partial charge in [-0.1, -0.05) is 140 Å². The van der Waals surface area contributed by atoms with Crippen LogP contribution in [0.3, 0.4) is 0 Å². The highest BCUT2D eigenvalue weighted by atomic mass is 16.5. The predicted octanol–water partition coefficient (Wildman–Crippen LogP) is 12.3. The van der Waals surface area contributed by atoms with Crippen LogP contribution in [0.15, 0.2) is 126 Å². The Morgan fingerprint density at radius 3 is 1.83 bits per heavy atom. The van der Waals surface area contributed by atoms with Gasteiger partial charge in [-0.05, 0) is 73.8 Å². The lowest BCUT2D eigenvalue weighted by Gasteiger charge is -2.35. The van der Waals surface area contributed by atoms with E-state index >= 15 is 0 Å². The number of hydrogen-bond donors (Lipinski definition) is 0. The van der Waals surface area contributed by atoms with Crippen LogP contribution in [0.4, 0.5) is 0 Å². The fraction of sp³-hybridized carbons (Fsp3) is 0.208. The molecule has 5 heteroatoms. The van der Waals surface area contributed by atoms with Gasteiger partial charge in [-0.2, -0.15) is 0 Å². The van der Waals surface area contributed by atoms with E-state index < -0.39 is 0 Å². The normalized spacial score (nSPS) is 14.9. The minimum Gasteiger partial charge on any atom is -0.458 e. The Morgan fingerprint density at radius 2 is 1.17 bits per heavy atom. The lowest BCUT2D eigenvalue weighted by molar-refractivity contribution is 0.463. The summed E-state index contributed by atoms with van der Waals surface area (Å²) in [5.41, 5.74) is 15.9. The van der Waals surface area contributed by atoms with Crippen LogP contribution in [0.25, 0.3) is 60.6 Å². The standard InChI is InChI=1S/C53H44BNO3/c1-51(2,3)29-21-23-40-36(25-29)54-37-26-30(52(4,5)6)22-24-41(37)57-43-28-31(27-42(56-40)48(43)54)55-38-19-13-10-16-33(38)44-47-45(32-15-9-12-18-35(32)53(47,7)8)50-46(49(44)55)34-17-11-14-20-39(34)58-50/h9-28H,1-8H3. The van der Waals surface area contributed by atoms with Gasteiger partial charge in [0.1, 0.15) is 34.2 Å². The first-order valence-corrected chi connectivity index (χ1v) is 20.6. The summed E-state index contributed by atoms with van der Waals surface area (Å²) in [6.45, 7) is 18.4. The van der Waals surface area contributed by atoms with Gasteiger partial charge in [-0.15, -0.1) is 0 Å². The summed E-state index contributed by atoms with van der Waals surface area (Å²) >= 11 is 0. The first kappa shape index (κ1) is 33.9. The van der Waals surface area contributed by atoms with Crippen LogP contribution in [0.5, 0.6) is 23.0 Å². The van der Waals surface area contributed by atoms with Crippen molar-refractivity contribution in [2.24, 2.45) is 0 Å². The smallest absolute Gasteiger partial charge is 0.260 e. The second-order valence-electron chi connectivity index (χ2n) is 19.3. The van der Waals surface area contributed by atoms with E-state index in [1.807, 2.05) is 0 Å². The van der Waals surface area contributed by atoms with Gasteiger partial charge in [0.2, 0.25) is 0 Å². The van der Waals surface area contributed by atoms with Crippen molar-refractivity contribution in [1.82, 2.24) is 4.57 Å². The molecule has 0 saturated carbocycles. The van der Waals surface area contributed by atoms with Crippen molar-refractivity contribution >= 4 is 66.8 Å². The maximum Gasteiger partial charge on any atom is 0.260 e. The van der Waals surface area contributed by atoms with Crippen molar-refractivity contribution in [3.05, 3.63) is 144 Å². The van der Waals surface area contributed by atoms with Crippen molar-refractivity contribution in [1.29, 1.82) is 0 Å². The molecule has 0 amide bonds. The average molecular weight is 754 g/mol. The second-order valence-corrected chi connectivity index (χ2v) is 19.3. The molecule has 0 N–H and O–H groups in total. The zero-order valence-corrected chi connectivity index (χ0v) is 34.3. The highest BCUT2D eigenvalue weighted by Gasteiger charge is 2.44. The number of nitrogens with zero attached hydrogens (tertiary/aromatic N) is 1. The number of furan rings is 1. The van der Waals surface area contributed by atoms with Crippen LogP contribution in [-0.2, 0) is 16.2 Å². The van der Waals surface area contributed by atoms with E-state index in [0.717, 1.165) is 67.1 Å². The third-order valence-electron chi connectivity index (χ3n) is 13.4. The van der Waals surface area contributed by atoms with Gasteiger partial charge in [0, 0.05) is 44.7 Å². The van der Waals surface area contributed by atoms with Crippen LogP contribution in [0.2, 0.25) is 0 Å². The molecule has 2 aromatic heterocycles. The summed E-state index contributed by atoms with van der Waals surface area (Å²) in [7, 11) is 0. The third-order valence-corrected chi connectivity index (χ3v) is 13.4. The molecule has 2 aliphatic heterocycles. The molecule has 4 nitrogen and oxygen atoms in total. The van der Waals surface area contributed by atoms with Crippen LogP contribution in [0.1, 0.15) is 77.6 Å². The number of aromatic nitrogens is 1. The number of fused-ring (bicyclic) bond motifs is 16. The minimum atomic E-state index is -0.265. The fourth-order valence-corrected chi connectivity index (χ4v) is 10.5. The molecule has 12 rings (SSSR count). The maximum atomic E-state index is 7.05. The van der Waals surface area contributed by atoms with Crippen LogP contribution < -0.4 is 25.9 Å². The van der Waals surface area contributed by atoms with E-state index in [2.05, 4.69) is 181 Å². The first-order valence-electron chi connectivity index (χ1n) is 20.6. The number of rotatable bonds is 1. The summed E-state index contributed by atoms with van der Waals surface area (Å²) < 4.78 is 23.5. The molecule has 4 heterocycles. The van der Waals surface area contributed by atoms with E-state index in [1.165, 1.54) is 55.1 Å². The Kier molecular flexibility index (Phi) is 6.46. The third kappa shape index (κ3) is 4.37. The molecule has 3 aliphatic rings. The Morgan fingerprint density at radius 1 is 0.586 bits per heavy atom. The molecule has 0 unspecified atom stereocenters. The molecule has 7 aromatic carbocycles. The monoisotopic (exact) mass is 753 g/mol. The van der Waals surface area contributed by atoms with Crippen LogP contribution in [0, 0.1) is 0 Å². The molecule has 1 aliphatic carbocycles. The molecule has 0 spiro atoms. The second kappa shape index (κ2) is 11.0. The van der Waals surface area contributed by atoms with Gasteiger partial charge in [0.15, 0.2) is 0 Å². The van der Waals surface area contributed by atoms with E-state index in [1.54, 1.807) is 0 Å². The Balaban J connectivity index is 1.20. The lowest BCUT2D eigenvalue weighted by Crippen LogP contribution is -2.57. The zero-order chi connectivity index (χ0) is 39.6. The highest BCUT2D eigenvalue weighted by molar-refractivity contribution is 6.98. The van der Waals surface area contributed by atoms with Gasteiger partial charge in [0.25, 0.3) is 6.71 Å². The van der Waals surface area contributed by atoms with E-state index in [9.17, 15) is 0 Å². The summed E-state index contributed by atoms with van der Waals surface area (Å²) in [4.78, 5) is 0. The molecule has 0 atom stereocenters. The maximum absolute atomic E-state index is 7.05. The van der Waals surface area contributed by atoms with Gasteiger partial charge in [0.05, 0.1) is 22.1 Å². The van der Waals surface area contributed by atoms with Gasteiger partial charge < -0.3 is 18.5 Å². The van der Waals surface area contributed by atoms with Crippen LogP contribution >= 0.6 is 0 Å². The Hall–Kier alpha value is -6.20. The summed E-state index contributed by atoms with van der Waals surface area (Å²) in [5, 5.41) is 4.71. The van der Waals surface area contributed by atoms with Gasteiger partial charge >= 0.3 is 0 Å². The molecule has 0 radical (unpaired) electrons. The molecule has 0 saturated heterocycles. The molecule has 282 valence electrons. The molecule has 0 fully saturated rings. The van der Waals surface area contributed by atoms with E-state index in [-0.39, 0.29) is 23.0 Å². The summed E-state index contributed by atoms with van der Waals surface area (Å²) in [6, 6.07) is 44.3. The molecule has 9 aromatic rings. The van der Waals surface area contributed by atoms with Crippen molar-refractivity contribution in [2.45, 2.75) is 71.6 Å². The average Bonchev–Trinajstić information content (AvgIpc) is 3.82. The molecule has 58 heavy (non-hydrogen) atoms. The van der Waals surface area contributed by atoms with Crippen molar-refractivity contribution in [3.8, 4) is 39.8 Å². The topological polar surface area (TPSA) is 36.5 Å². The van der Waals surface area contributed by atoms with Crippen molar-refractivity contribution in [2.75, 3.05) is 0 Å². The SMILES string of the molecule is CC(C)(C)c1ccc2c(c1)B1c3cc(C(C)(C)C)ccc3Oc3cc(-n4c5ccccc5c5c6c(c7oc8ccccc8c7c54)-c4ccccc4C6(C)C)cc(c31)O2. The van der Waals surface area contributed by atoms with Crippen LogP contribution in [-0.4, -0.2) is 11.3 Å².